The minimum Gasteiger partial charge on any atom is -0.507 e. The Bertz CT molecular complexity index is 1330. The van der Waals surface area contributed by atoms with Crippen LogP contribution in [0.2, 0.25) is 0 Å². The van der Waals surface area contributed by atoms with Crippen LogP contribution in [0.4, 0.5) is 4.39 Å². The Morgan fingerprint density at radius 3 is 2.34 bits per heavy atom. The molecule has 0 aliphatic heterocycles. The van der Waals surface area contributed by atoms with Gasteiger partial charge in [0, 0.05) is 23.6 Å². The Balaban J connectivity index is 1.89. The van der Waals surface area contributed by atoms with E-state index in [4.69, 9.17) is 4.74 Å². The van der Waals surface area contributed by atoms with Crippen LogP contribution in [0.3, 0.4) is 0 Å². The molecule has 0 spiro atoms. The maximum absolute atomic E-state index is 13.5. The first kappa shape index (κ1) is 25.3. The van der Waals surface area contributed by atoms with E-state index in [1.165, 1.54) is 12.1 Å². The molecule has 2 aromatic rings. The number of ketones is 3. The first-order valence-corrected chi connectivity index (χ1v) is 10.7. The zero-order chi connectivity index (χ0) is 25.9. The van der Waals surface area contributed by atoms with E-state index in [2.05, 4.69) is 0 Å². The number of ether oxygens (including phenoxy) is 1. The number of carbonyl (C=O) groups excluding carboxylic acids is 4. The third kappa shape index (κ3) is 5.60. The quantitative estimate of drug-likeness (QED) is 0.197. The topological polar surface area (TPSA) is 118 Å². The van der Waals surface area contributed by atoms with Gasteiger partial charge in [0.05, 0.1) is 11.1 Å². The fraction of sp³-hybridized carbons (Fsp3) is 0.185. The lowest BCUT2D eigenvalue weighted by Crippen LogP contribution is -2.28. The van der Waals surface area contributed by atoms with Crippen molar-refractivity contribution in [2.45, 2.75) is 33.3 Å². The fourth-order valence-corrected chi connectivity index (χ4v) is 3.58. The Morgan fingerprint density at radius 1 is 1.03 bits per heavy atom. The summed E-state index contributed by atoms with van der Waals surface area (Å²) in [6, 6.07) is 5.89. The minimum absolute atomic E-state index is 0.0403. The molecule has 7 nitrogen and oxygen atoms in total. The summed E-state index contributed by atoms with van der Waals surface area (Å²) in [6.45, 7) is 5.21. The molecule has 180 valence electrons. The predicted molar refractivity (Wildman–Crippen MR) is 125 cm³/mol. The third-order valence-electron chi connectivity index (χ3n) is 5.36. The van der Waals surface area contributed by atoms with Crippen molar-refractivity contribution >= 4 is 23.3 Å². The van der Waals surface area contributed by atoms with Crippen LogP contribution in [-0.4, -0.2) is 39.6 Å². The molecule has 1 aliphatic carbocycles. The highest BCUT2D eigenvalue weighted by Crippen LogP contribution is 2.36. The highest BCUT2D eigenvalue weighted by atomic mass is 19.1. The molecule has 1 atom stereocenters. The molecule has 0 saturated carbocycles. The number of phenolic OH excluding ortho intramolecular Hbond substituents is 2. The van der Waals surface area contributed by atoms with E-state index in [0.717, 1.165) is 42.0 Å². The van der Waals surface area contributed by atoms with E-state index in [1.807, 2.05) is 0 Å². The van der Waals surface area contributed by atoms with Crippen molar-refractivity contribution < 1.29 is 38.5 Å². The van der Waals surface area contributed by atoms with Crippen LogP contribution in [0, 0.1) is 12.7 Å². The molecule has 0 amide bonds. The standard InChI is InChI=1S/C27H23FO7/c1-14(2)4-10-23(18-13-22(32)25-20(30)7-8-21(31)26(25)27(18)34)35-24(33)11-9-19(29)17-12-16(28)6-5-15(17)3/h4-9,11-13,23,30-31H,10H2,1-3H3/b11-9-. The lowest BCUT2D eigenvalue weighted by molar-refractivity contribution is -0.141. The average Bonchev–Trinajstić information content (AvgIpc) is 2.80. The highest BCUT2D eigenvalue weighted by molar-refractivity contribution is 6.27. The third-order valence-corrected chi connectivity index (χ3v) is 5.36. The van der Waals surface area contributed by atoms with Crippen molar-refractivity contribution in [3.05, 3.63) is 93.9 Å². The van der Waals surface area contributed by atoms with Gasteiger partial charge in [0.25, 0.3) is 0 Å². The Morgan fingerprint density at radius 2 is 1.69 bits per heavy atom. The molecule has 0 fully saturated rings. The van der Waals surface area contributed by atoms with Crippen LogP contribution in [0.5, 0.6) is 11.5 Å². The van der Waals surface area contributed by atoms with Gasteiger partial charge in [-0.15, -0.1) is 0 Å². The van der Waals surface area contributed by atoms with Crippen LogP contribution >= 0.6 is 0 Å². The van der Waals surface area contributed by atoms with Gasteiger partial charge >= 0.3 is 5.97 Å². The number of carbonyl (C=O) groups is 4. The molecule has 0 heterocycles. The summed E-state index contributed by atoms with van der Waals surface area (Å²) in [7, 11) is 0. The van der Waals surface area contributed by atoms with Crippen LogP contribution in [0.25, 0.3) is 0 Å². The van der Waals surface area contributed by atoms with E-state index in [-0.39, 0.29) is 28.7 Å². The number of hydrogen-bond donors (Lipinski definition) is 2. The summed E-state index contributed by atoms with van der Waals surface area (Å²) >= 11 is 0. The second-order valence-corrected chi connectivity index (χ2v) is 8.25. The lowest BCUT2D eigenvalue weighted by Gasteiger charge is -2.23. The van der Waals surface area contributed by atoms with Gasteiger partial charge in [-0.3, -0.25) is 14.4 Å². The average molecular weight is 478 g/mol. The number of hydrogen-bond acceptors (Lipinski definition) is 7. The van der Waals surface area contributed by atoms with Crippen LogP contribution < -0.4 is 0 Å². The van der Waals surface area contributed by atoms with Gasteiger partial charge in [-0.1, -0.05) is 17.7 Å². The molecule has 2 aromatic carbocycles. The zero-order valence-corrected chi connectivity index (χ0v) is 19.3. The molecule has 3 rings (SSSR count). The zero-order valence-electron chi connectivity index (χ0n) is 19.3. The molecule has 0 radical (unpaired) electrons. The van der Waals surface area contributed by atoms with E-state index in [1.54, 1.807) is 26.8 Å². The van der Waals surface area contributed by atoms with Gasteiger partial charge in [0.1, 0.15) is 23.4 Å². The maximum Gasteiger partial charge on any atom is 0.331 e. The molecular weight excluding hydrogens is 455 g/mol. The van der Waals surface area contributed by atoms with E-state index in [0.29, 0.717) is 5.56 Å². The van der Waals surface area contributed by atoms with Crippen molar-refractivity contribution in [2.24, 2.45) is 0 Å². The Labute approximate surface area is 200 Å². The van der Waals surface area contributed by atoms with Gasteiger partial charge in [0.15, 0.2) is 17.3 Å². The second-order valence-electron chi connectivity index (χ2n) is 8.25. The summed E-state index contributed by atoms with van der Waals surface area (Å²) in [4.78, 5) is 50.6. The molecule has 0 aromatic heterocycles. The number of Topliss-reactive ketones (excluding diaryl/α,β-unsaturated/α-hetero) is 1. The number of halogens is 1. The number of fused-ring (bicyclic) bond motifs is 1. The van der Waals surface area contributed by atoms with Crippen LogP contribution in [0.15, 0.2) is 65.8 Å². The molecule has 8 heteroatoms. The number of aryl methyl sites for hydroxylation is 1. The van der Waals surface area contributed by atoms with E-state index < -0.39 is 46.7 Å². The van der Waals surface area contributed by atoms with Gasteiger partial charge in [-0.05, 0) is 62.8 Å². The van der Waals surface area contributed by atoms with Crippen molar-refractivity contribution in [1.82, 2.24) is 0 Å². The number of aromatic hydroxyl groups is 2. The maximum atomic E-state index is 13.5. The first-order chi connectivity index (χ1) is 16.5. The highest BCUT2D eigenvalue weighted by Gasteiger charge is 2.35. The summed E-state index contributed by atoms with van der Waals surface area (Å²) in [5, 5.41) is 20.2. The van der Waals surface area contributed by atoms with Gasteiger partial charge in [-0.2, -0.15) is 0 Å². The van der Waals surface area contributed by atoms with Gasteiger partial charge in [-0.25, -0.2) is 9.18 Å². The molecule has 1 unspecified atom stereocenters. The summed E-state index contributed by atoms with van der Waals surface area (Å²) in [5.74, 6) is -4.64. The Hall–Kier alpha value is -4.33. The second kappa shape index (κ2) is 10.3. The Kier molecular flexibility index (Phi) is 7.44. The van der Waals surface area contributed by atoms with Gasteiger partial charge < -0.3 is 14.9 Å². The largest absolute Gasteiger partial charge is 0.507 e. The summed E-state index contributed by atoms with van der Waals surface area (Å²) < 4.78 is 18.9. The monoisotopic (exact) mass is 478 g/mol. The van der Waals surface area contributed by atoms with Crippen LogP contribution in [0.1, 0.15) is 56.9 Å². The molecule has 1 aliphatic rings. The lowest BCUT2D eigenvalue weighted by atomic mass is 9.85. The fourth-order valence-electron chi connectivity index (χ4n) is 3.58. The normalized spacial score (nSPS) is 13.8. The molecule has 0 bridgehead atoms. The molecule has 0 saturated heterocycles. The van der Waals surface area contributed by atoms with E-state index in [9.17, 15) is 33.8 Å². The smallest absolute Gasteiger partial charge is 0.331 e. The van der Waals surface area contributed by atoms with Crippen LogP contribution in [-0.2, 0) is 9.53 Å². The SMILES string of the molecule is CC(C)=CCC(OC(=O)/C=C\C(=O)c1cc(F)ccc1C)C1=CC(=O)c2c(O)ccc(O)c2C1=O. The number of esters is 1. The van der Waals surface area contributed by atoms with Crippen molar-refractivity contribution in [2.75, 3.05) is 0 Å². The molecule has 35 heavy (non-hydrogen) atoms. The van der Waals surface area contributed by atoms with Crippen molar-refractivity contribution in [1.29, 1.82) is 0 Å². The van der Waals surface area contributed by atoms with E-state index >= 15 is 0 Å². The number of rotatable bonds is 7. The summed E-state index contributed by atoms with van der Waals surface area (Å²) in [6.07, 6.45) is 3.28. The predicted octanol–water partition coefficient (Wildman–Crippen LogP) is 4.56. The number of benzene rings is 2. The minimum atomic E-state index is -1.21. The molecular formula is C27H23FO7. The molecule has 2 N–H and O–H groups in total. The number of allylic oxidation sites excluding steroid dienone is 3. The van der Waals surface area contributed by atoms with Gasteiger partial charge in [0.2, 0.25) is 0 Å². The first-order valence-electron chi connectivity index (χ1n) is 10.7. The summed E-state index contributed by atoms with van der Waals surface area (Å²) in [5.41, 5.74) is 0.566. The van der Waals surface area contributed by atoms with Crippen molar-refractivity contribution in [3.63, 3.8) is 0 Å². The number of phenols is 2. The van der Waals surface area contributed by atoms with Crippen molar-refractivity contribution in [3.8, 4) is 11.5 Å².